The van der Waals surface area contributed by atoms with Crippen molar-refractivity contribution in [1.29, 1.82) is 0 Å². The molecule has 0 atom stereocenters. The summed E-state index contributed by atoms with van der Waals surface area (Å²) in [4.78, 5) is 0.168. The van der Waals surface area contributed by atoms with Gasteiger partial charge in [-0.05, 0) is 36.6 Å². The molecule has 1 heterocycles. The highest BCUT2D eigenvalue weighted by atomic mass is 32.2. The lowest BCUT2D eigenvalue weighted by Gasteiger charge is -2.12. The summed E-state index contributed by atoms with van der Waals surface area (Å²) in [6.07, 6.45) is 1.45. The zero-order valence-corrected chi connectivity index (χ0v) is 12.1. The van der Waals surface area contributed by atoms with Crippen molar-refractivity contribution in [2.24, 2.45) is 0 Å². The van der Waals surface area contributed by atoms with Crippen LogP contribution >= 0.6 is 0 Å². The van der Waals surface area contributed by atoms with Crippen LogP contribution in [0, 0.1) is 13.8 Å². The lowest BCUT2D eigenvalue weighted by Crippen LogP contribution is -2.24. The normalized spacial score (nSPS) is 11.8. The number of benzene rings is 1. The lowest BCUT2D eigenvalue weighted by atomic mass is 10.1. The van der Waals surface area contributed by atoms with Gasteiger partial charge in [0.15, 0.2) is 5.76 Å². The Morgan fingerprint density at radius 3 is 2.70 bits per heavy atom. The van der Waals surface area contributed by atoms with Gasteiger partial charge in [0.1, 0.15) is 0 Å². The topological polar surface area (TPSA) is 92.4 Å². The SMILES string of the molecule is Cc1cc(CO)cc(S(=O)(=O)NCc2ccno2)c1C. The van der Waals surface area contributed by atoms with Crippen LogP contribution in [0.3, 0.4) is 0 Å². The van der Waals surface area contributed by atoms with Gasteiger partial charge in [0.25, 0.3) is 0 Å². The maximum absolute atomic E-state index is 12.3. The first-order valence-corrected chi connectivity index (χ1v) is 7.52. The van der Waals surface area contributed by atoms with Gasteiger partial charge >= 0.3 is 0 Å². The summed E-state index contributed by atoms with van der Waals surface area (Å²) in [5.41, 5.74) is 2.04. The molecule has 2 N–H and O–H groups in total. The van der Waals surface area contributed by atoms with E-state index in [0.29, 0.717) is 16.9 Å². The molecule has 0 radical (unpaired) electrons. The second kappa shape index (κ2) is 5.74. The number of nitrogens with one attached hydrogen (secondary N) is 1. The molecule has 2 rings (SSSR count). The number of aliphatic hydroxyl groups is 1. The van der Waals surface area contributed by atoms with Crippen molar-refractivity contribution in [2.45, 2.75) is 31.9 Å². The third-order valence-corrected chi connectivity index (χ3v) is 4.61. The predicted octanol–water partition coefficient (Wildman–Crippen LogP) is 1.26. The molecule has 108 valence electrons. The quantitative estimate of drug-likeness (QED) is 0.866. The van der Waals surface area contributed by atoms with Crippen molar-refractivity contribution >= 4 is 10.0 Å². The van der Waals surface area contributed by atoms with Crippen LogP contribution in [0.4, 0.5) is 0 Å². The molecule has 0 bridgehead atoms. The monoisotopic (exact) mass is 296 g/mol. The first-order valence-electron chi connectivity index (χ1n) is 6.04. The molecule has 0 spiro atoms. The van der Waals surface area contributed by atoms with E-state index in [4.69, 9.17) is 4.52 Å². The molecule has 0 amide bonds. The predicted molar refractivity (Wildman–Crippen MR) is 72.4 cm³/mol. The summed E-state index contributed by atoms with van der Waals surface area (Å²) in [5, 5.41) is 12.7. The lowest BCUT2D eigenvalue weighted by molar-refractivity contribution is 0.281. The minimum absolute atomic E-state index is 0.0319. The van der Waals surface area contributed by atoms with Gasteiger partial charge in [-0.3, -0.25) is 0 Å². The van der Waals surface area contributed by atoms with E-state index in [-0.39, 0.29) is 18.0 Å². The van der Waals surface area contributed by atoms with Gasteiger partial charge in [-0.25, -0.2) is 13.1 Å². The zero-order valence-electron chi connectivity index (χ0n) is 11.3. The van der Waals surface area contributed by atoms with Gasteiger partial charge in [0.05, 0.1) is 24.2 Å². The number of aryl methyl sites for hydroxylation is 1. The first kappa shape index (κ1) is 14.7. The molecule has 0 unspecified atom stereocenters. The number of sulfonamides is 1. The Balaban J connectivity index is 2.31. The van der Waals surface area contributed by atoms with Crippen molar-refractivity contribution in [3.63, 3.8) is 0 Å². The molecule has 0 aliphatic rings. The van der Waals surface area contributed by atoms with Gasteiger partial charge in [0.2, 0.25) is 10.0 Å². The Morgan fingerprint density at radius 2 is 2.10 bits per heavy atom. The summed E-state index contributed by atoms with van der Waals surface area (Å²) in [6, 6.07) is 4.83. The molecular formula is C13H16N2O4S. The molecule has 7 heteroatoms. The van der Waals surface area contributed by atoms with Gasteiger partial charge < -0.3 is 9.63 Å². The standard InChI is InChI=1S/C13H16N2O4S/c1-9-5-11(8-16)6-13(10(9)2)20(17,18)15-7-12-3-4-14-19-12/h3-6,15-16H,7-8H2,1-2H3. The van der Waals surface area contributed by atoms with Crippen molar-refractivity contribution in [3.05, 3.63) is 46.8 Å². The fourth-order valence-electron chi connectivity index (χ4n) is 1.85. The highest BCUT2D eigenvalue weighted by Gasteiger charge is 2.19. The fraction of sp³-hybridized carbons (Fsp3) is 0.308. The van der Waals surface area contributed by atoms with Crippen LogP contribution in [0.25, 0.3) is 0 Å². The van der Waals surface area contributed by atoms with E-state index in [2.05, 4.69) is 9.88 Å². The van der Waals surface area contributed by atoms with Crippen LogP contribution in [0.1, 0.15) is 22.5 Å². The number of rotatable bonds is 5. The van der Waals surface area contributed by atoms with Crippen LogP contribution in [-0.4, -0.2) is 18.7 Å². The molecule has 0 saturated heterocycles. The molecule has 1 aromatic carbocycles. The zero-order chi connectivity index (χ0) is 14.8. The number of hydrogen-bond donors (Lipinski definition) is 2. The molecule has 20 heavy (non-hydrogen) atoms. The van der Waals surface area contributed by atoms with Crippen LogP contribution in [0.5, 0.6) is 0 Å². The number of hydrogen-bond acceptors (Lipinski definition) is 5. The van der Waals surface area contributed by atoms with E-state index in [9.17, 15) is 13.5 Å². The van der Waals surface area contributed by atoms with Gasteiger partial charge in [-0.1, -0.05) is 11.2 Å². The van der Waals surface area contributed by atoms with E-state index in [1.807, 2.05) is 6.92 Å². The van der Waals surface area contributed by atoms with Gasteiger partial charge in [-0.15, -0.1) is 0 Å². The second-order valence-electron chi connectivity index (χ2n) is 4.50. The summed E-state index contributed by atoms with van der Waals surface area (Å²) in [5.74, 6) is 0.432. The molecule has 1 aromatic heterocycles. The largest absolute Gasteiger partial charge is 0.392 e. The van der Waals surface area contributed by atoms with Crippen LogP contribution in [-0.2, 0) is 23.2 Å². The Bertz CT molecular complexity index is 693. The molecule has 0 aliphatic carbocycles. The average Bonchev–Trinajstić information content (AvgIpc) is 2.92. The minimum Gasteiger partial charge on any atom is -0.392 e. The Morgan fingerprint density at radius 1 is 1.35 bits per heavy atom. The Kier molecular flexibility index (Phi) is 4.22. The van der Waals surface area contributed by atoms with E-state index in [0.717, 1.165) is 5.56 Å². The van der Waals surface area contributed by atoms with Crippen molar-refractivity contribution in [1.82, 2.24) is 9.88 Å². The van der Waals surface area contributed by atoms with Crippen LogP contribution < -0.4 is 4.72 Å². The number of aromatic nitrogens is 1. The summed E-state index contributed by atoms with van der Waals surface area (Å²) in [6.45, 7) is 3.37. The maximum Gasteiger partial charge on any atom is 0.241 e. The van der Waals surface area contributed by atoms with E-state index < -0.39 is 10.0 Å². The number of aliphatic hydroxyl groups excluding tert-OH is 1. The minimum atomic E-state index is -3.67. The highest BCUT2D eigenvalue weighted by molar-refractivity contribution is 7.89. The molecular weight excluding hydrogens is 280 g/mol. The van der Waals surface area contributed by atoms with Crippen molar-refractivity contribution in [3.8, 4) is 0 Å². The molecule has 0 saturated carbocycles. The maximum atomic E-state index is 12.3. The molecule has 6 nitrogen and oxygen atoms in total. The summed E-state index contributed by atoms with van der Waals surface area (Å²) < 4.78 is 31.9. The first-order chi connectivity index (χ1) is 9.44. The second-order valence-corrected chi connectivity index (χ2v) is 6.23. The molecule has 0 aliphatic heterocycles. The van der Waals surface area contributed by atoms with Crippen molar-refractivity contribution < 1.29 is 18.0 Å². The Hall–Kier alpha value is -1.70. The van der Waals surface area contributed by atoms with Gasteiger partial charge in [0, 0.05) is 6.07 Å². The van der Waals surface area contributed by atoms with Crippen molar-refractivity contribution in [2.75, 3.05) is 0 Å². The summed E-state index contributed by atoms with van der Waals surface area (Å²) >= 11 is 0. The number of nitrogens with zero attached hydrogens (tertiary/aromatic N) is 1. The average molecular weight is 296 g/mol. The van der Waals surface area contributed by atoms with Crippen LogP contribution in [0.2, 0.25) is 0 Å². The summed E-state index contributed by atoms with van der Waals surface area (Å²) in [7, 11) is -3.67. The Labute approximate surface area is 117 Å². The smallest absolute Gasteiger partial charge is 0.241 e. The van der Waals surface area contributed by atoms with E-state index in [1.54, 1.807) is 19.1 Å². The molecule has 2 aromatic rings. The highest BCUT2D eigenvalue weighted by Crippen LogP contribution is 2.21. The van der Waals surface area contributed by atoms with Gasteiger partial charge in [-0.2, -0.15) is 0 Å². The third-order valence-electron chi connectivity index (χ3n) is 3.08. The molecule has 0 fully saturated rings. The van der Waals surface area contributed by atoms with Crippen LogP contribution in [0.15, 0.2) is 33.8 Å². The fourth-order valence-corrected chi connectivity index (χ4v) is 3.20. The van der Waals surface area contributed by atoms with E-state index >= 15 is 0 Å². The van der Waals surface area contributed by atoms with E-state index in [1.165, 1.54) is 12.3 Å². The third kappa shape index (κ3) is 3.06.